The molecule has 1 aliphatic carbocycles. The lowest BCUT2D eigenvalue weighted by molar-refractivity contribution is -0.125. The minimum absolute atomic E-state index is 0.148. The third-order valence-corrected chi connectivity index (χ3v) is 13.1. The Labute approximate surface area is 426 Å². The van der Waals surface area contributed by atoms with Gasteiger partial charge >= 0.3 is 6.03 Å². The molecule has 3 amide bonds. The molecule has 4 N–H and O–H groups in total. The number of carbonyl (C=O) groups excluding carboxylic acids is 2. The van der Waals surface area contributed by atoms with Gasteiger partial charge in [0.15, 0.2) is 11.6 Å². The first-order valence-corrected chi connectivity index (χ1v) is 25.1. The molecule has 8 rings (SSSR count). The maximum atomic E-state index is 13.2. The van der Waals surface area contributed by atoms with Gasteiger partial charge in [0, 0.05) is 62.3 Å². The number of nitrogens with zero attached hydrogens (tertiary/aromatic N) is 10. The van der Waals surface area contributed by atoms with Gasteiger partial charge in [0.1, 0.15) is 17.7 Å². The molecule has 384 valence electrons. The van der Waals surface area contributed by atoms with Gasteiger partial charge in [-0.1, -0.05) is 86.5 Å². The molecule has 1 aliphatic rings. The van der Waals surface area contributed by atoms with Crippen LogP contribution in [0.25, 0.3) is 22.8 Å². The first kappa shape index (κ1) is 53.5. The molecular formula is C55H67F2N13O3. The van der Waals surface area contributed by atoms with E-state index >= 15 is 0 Å². The first-order chi connectivity index (χ1) is 35.4. The van der Waals surface area contributed by atoms with Crippen molar-refractivity contribution in [2.45, 2.75) is 83.4 Å². The summed E-state index contributed by atoms with van der Waals surface area (Å²) in [4.78, 5) is 30.3. The van der Waals surface area contributed by atoms with E-state index in [2.05, 4.69) is 63.8 Å². The first-order valence-electron chi connectivity index (χ1n) is 25.1. The lowest BCUT2D eigenvalue weighted by Crippen LogP contribution is -2.47. The monoisotopic (exact) mass is 996 g/mol. The summed E-state index contributed by atoms with van der Waals surface area (Å²) in [7, 11) is 5.68. The lowest BCUT2D eigenvalue weighted by atomic mass is 9.84. The molecule has 18 heteroatoms. The Kier molecular flexibility index (Phi) is 19.8. The van der Waals surface area contributed by atoms with Gasteiger partial charge in [-0.05, 0) is 169 Å². The van der Waals surface area contributed by atoms with Crippen molar-refractivity contribution < 1.29 is 23.5 Å². The van der Waals surface area contributed by atoms with Crippen molar-refractivity contribution in [1.82, 2.24) is 55.5 Å². The summed E-state index contributed by atoms with van der Waals surface area (Å²) < 4.78 is 29.5. The summed E-state index contributed by atoms with van der Waals surface area (Å²) in [6, 6.07) is 36.4. The summed E-state index contributed by atoms with van der Waals surface area (Å²) in [5.41, 5.74) is 7.23. The van der Waals surface area contributed by atoms with Crippen molar-refractivity contribution in [3.8, 4) is 22.8 Å². The number of aliphatic hydroxyl groups is 1. The van der Waals surface area contributed by atoms with Crippen LogP contribution in [-0.2, 0) is 44.7 Å². The largest absolute Gasteiger partial charge is 0.382 e. The predicted molar refractivity (Wildman–Crippen MR) is 279 cm³/mol. The average Bonchev–Trinajstić information content (AvgIpc) is 4.03. The highest BCUT2D eigenvalue weighted by molar-refractivity contribution is 5.95. The van der Waals surface area contributed by atoms with E-state index in [1.807, 2.05) is 85.8 Å². The number of carbonyl (C=O) groups is 2. The summed E-state index contributed by atoms with van der Waals surface area (Å²) >= 11 is 0. The molecule has 73 heavy (non-hydrogen) atoms. The zero-order valence-corrected chi connectivity index (χ0v) is 42.2. The van der Waals surface area contributed by atoms with E-state index in [0.717, 1.165) is 97.8 Å². The van der Waals surface area contributed by atoms with Gasteiger partial charge in [-0.25, -0.2) is 22.9 Å². The quantitative estimate of drug-likeness (QED) is 0.0544. The van der Waals surface area contributed by atoms with Crippen LogP contribution >= 0.6 is 0 Å². The number of anilines is 2. The Balaban J connectivity index is 0.000000214. The standard InChI is InChI=1S/C29H33FN6O2.C26H34FN7O/c1-3-21-16-24(28-32-33-34-35(28)2)18-26(17-21)31-29(38)27(37)20-36(19-23-8-5-4-6-9-23)15-7-10-22-11-13-25(30)14-12-22;1-33(16-6-7-19-12-14-22(27)15-13-19)18-21-8-3-4-11-24(21)29-26(35)28-23-10-5-9-20(17-23)25-30-31-32-34(25)2/h4-6,8-9,11-14,16-18,27,37H,3,7,10,15,19-20H2,1-2H3,(H,31,38);5,9-10,12-15,17,21,24H,3-4,6-8,11,16,18H2,1-2H3,(H2,28,29,35)/t27-;21-,24+/m00/s1. The summed E-state index contributed by atoms with van der Waals surface area (Å²) in [5.74, 6) is 0.730. The third-order valence-electron chi connectivity index (χ3n) is 13.1. The molecule has 3 atom stereocenters. The lowest BCUT2D eigenvalue weighted by Gasteiger charge is -2.35. The number of aromatic nitrogens is 8. The fourth-order valence-electron chi connectivity index (χ4n) is 9.22. The SMILES string of the molecule is CCc1cc(NC(=O)[C@@H](O)CN(CCCc2ccc(F)cc2)Cc2ccccc2)cc(-c2nnnn2C)c1.CN(CCCc1ccc(F)cc1)C[C@@H]1CCCC[C@H]1NC(=O)Nc1cccc(-c2nnnn2C)c1. The van der Waals surface area contributed by atoms with E-state index in [0.29, 0.717) is 42.0 Å². The fourth-order valence-corrected chi connectivity index (χ4v) is 9.22. The minimum atomic E-state index is -1.23. The van der Waals surface area contributed by atoms with E-state index < -0.39 is 12.0 Å². The summed E-state index contributed by atoms with van der Waals surface area (Å²) in [6.45, 7) is 5.40. The molecule has 1 fully saturated rings. The number of aryl methyl sites for hydroxylation is 5. The highest BCUT2D eigenvalue weighted by atomic mass is 19.1. The molecule has 0 spiro atoms. The van der Waals surface area contributed by atoms with Crippen molar-refractivity contribution in [3.63, 3.8) is 0 Å². The maximum Gasteiger partial charge on any atom is 0.319 e. The van der Waals surface area contributed by atoms with Gasteiger partial charge in [-0.2, -0.15) is 0 Å². The van der Waals surface area contributed by atoms with Crippen molar-refractivity contribution in [1.29, 1.82) is 0 Å². The number of aliphatic hydroxyl groups excluding tert-OH is 1. The molecule has 0 saturated heterocycles. The second-order valence-electron chi connectivity index (χ2n) is 18.8. The normalized spacial score (nSPS) is 14.9. The van der Waals surface area contributed by atoms with Gasteiger partial charge < -0.3 is 26.0 Å². The Hall–Kier alpha value is -7.28. The van der Waals surface area contributed by atoms with Crippen LogP contribution in [0.5, 0.6) is 0 Å². The zero-order chi connectivity index (χ0) is 51.5. The molecule has 5 aromatic carbocycles. The van der Waals surface area contributed by atoms with Gasteiger partial charge in [0.05, 0.1) is 0 Å². The van der Waals surface area contributed by atoms with Crippen molar-refractivity contribution >= 4 is 23.3 Å². The topological polar surface area (TPSA) is 184 Å². The highest BCUT2D eigenvalue weighted by Crippen LogP contribution is 2.27. The molecular weight excluding hydrogens is 929 g/mol. The molecule has 0 radical (unpaired) electrons. The second kappa shape index (κ2) is 27.0. The van der Waals surface area contributed by atoms with Crippen LogP contribution in [0.3, 0.4) is 0 Å². The van der Waals surface area contributed by atoms with Crippen molar-refractivity contribution in [2.24, 2.45) is 20.0 Å². The Morgan fingerprint density at radius 2 is 1.32 bits per heavy atom. The zero-order valence-electron chi connectivity index (χ0n) is 42.2. The predicted octanol–water partition coefficient (Wildman–Crippen LogP) is 8.27. The molecule has 0 unspecified atom stereocenters. The van der Waals surface area contributed by atoms with Gasteiger partial charge in [0.2, 0.25) is 0 Å². The summed E-state index contributed by atoms with van der Waals surface area (Å²) in [6.07, 6.45) is 7.50. The molecule has 0 bridgehead atoms. The number of tetrazole rings is 2. The maximum absolute atomic E-state index is 13.2. The fraction of sp³-hybridized carbons (Fsp3) is 0.382. The average molecular weight is 996 g/mol. The number of urea groups is 1. The van der Waals surface area contributed by atoms with Gasteiger partial charge in [-0.3, -0.25) is 9.69 Å². The van der Waals surface area contributed by atoms with E-state index in [4.69, 9.17) is 0 Å². The van der Waals surface area contributed by atoms with E-state index in [1.165, 1.54) is 30.7 Å². The van der Waals surface area contributed by atoms with Gasteiger partial charge in [-0.15, -0.1) is 10.2 Å². The molecule has 2 aromatic heterocycles. The van der Waals surface area contributed by atoms with Crippen LogP contribution in [-0.4, -0.2) is 113 Å². The van der Waals surface area contributed by atoms with E-state index in [1.54, 1.807) is 41.7 Å². The van der Waals surface area contributed by atoms with Crippen LogP contribution in [0.4, 0.5) is 25.0 Å². The van der Waals surface area contributed by atoms with Gasteiger partial charge in [0.25, 0.3) is 5.91 Å². The number of amides is 3. The third kappa shape index (κ3) is 16.6. The highest BCUT2D eigenvalue weighted by Gasteiger charge is 2.28. The van der Waals surface area contributed by atoms with Crippen LogP contribution in [0.2, 0.25) is 0 Å². The number of hydrogen-bond acceptors (Lipinski definition) is 11. The molecule has 0 aliphatic heterocycles. The van der Waals surface area contributed by atoms with E-state index in [-0.39, 0.29) is 30.3 Å². The molecule has 7 aromatic rings. The number of hydrogen-bond donors (Lipinski definition) is 4. The molecule has 16 nitrogen and oxygen atoms in total. The summed E-state index contributed by atoms with van der Waals surface area (Å²) in [5, 5.41) is 43.2. The van der Waals surface area contributed by atoms with Crippen LogP contribution in [0.15, 0.2) is 121 Å². The van der Waals surface area contributed by atoms with Crippen LogP contribution in [0, 0.1) is 17.6 Å². The number of rotatable bonds is 21. The Bertz CT molecular complexity index is 2810. The number of halogens is 2. The smallest absolute Gasteiger partial charge is 0.319 e. The Morgan fingerprint density at radius 3 is 1.95 bits per heavy atom. The Morgan fingerprint density at radius 1 is 0.699 bits per heavy atom. The second-order valence-corrected chi connectivity index (χ2v) is 18.8. The minimum Gasteiger partial charge on any atom is -0.382 e. The molecule has 1 saturated carbocycles. The van der Waals surface area contributed by atoms with Crippen molar-refractivity contribution in [3.05, 3.63) is 155 Å². The van der Waals surface area contributed by atoms with Crippen LogP contribution < -0.4 is 16.0 Å². The van der Waals surface area contributed by atoms with Crippen LogP contribution in [0.1, 0.15) is 67.7 Å². The number of benzene rings is 5. The molecule has 2 heterocycles. The number of nitrogens with one attached hydrogen (secondary N) is 3. The van der Waals surface area contributed by atoms with E-state index in [9.17, 15) is 23.5 Å². The van der Waals surface area contributed by atoms with Crippen molar-refractivity contribution in [2.75, 3.05) is 43.9 Å².